The van der Waals surface area contributed by atoms with Gasteiger partial charge in [0.1, 0.15) is 0 Å². The van der Waals surface area contributed by atoms with E-state index < -0.39 is 6.04 Å². The summed E-state index contributed by atoms with van der Waals surface area (Å²) in [5.41, 5.74) is 7.05. The molecule has 2 rings (SSSR count). The van der Waals surface area contributed by atoms with Crippen molar-refractivity contribution in [1.29, 1.82) is 0 Å². The summed E-state index contributed by atoms with van der Waals surface area (Å²) in [5, 5.41) is 3.51. The minimum Gasteiger partial charge on any atom is -0.354 e. The Morgan fingerprint density at radius 1 is 1.37 bits per heavy atom. The number of nitrogens with one attached hydrogen (secondary N) is 1. The van der Waals surface area contributed by atoms with E-state index in [4.69, 9.17) is 5.73 Å². The number of thioether (sulfide) groups is 2. The maximum absolute atomic E-state index is 11.9. The Hall–Kier alpha value is -0.650. The molecule has 1 aromatic rings. The van der Waals surface area contributed by atoms with Crippen molar-refractivity contribution in [3.63, 3.8) is 0 Å². The first-order valence-electron chi connectivity index (χ1n) is 6.52. The van der Waals surface area contributed by atoms with Gasteiger partial charge in [0, 0.05) is 29.1 Å². The summed E-state index contributed by atoms with van der Waals surface area (Å²) in [7, 11) is 0. The molecule has 2 atom stereocenters. The monoisotopic (exact) mass is 296 g/mol. The predicted octanol–water partition coefficient (Wildman–Crippen LogP) is 1.52. The molecule has 1 heterocycles. The Morgan fingerprint density at radius 2 is 2.16 bits per heavy atom. The van der Waals surface area contributed by atoms with Crippen LogP contribution in [0.25, 0.3) is 0 Å². The molecule has 1 amide bonds. The molecule has 0 saturated carbocycles. The minimum absolute atomic E-state index is 0.0416. The third-order valence-electron chi connectivity index (χ3n) is 3.02. The summed E-state index contributed by atoms with van der Waals surface area (Å²) in [6.45, 7) is 0.735. The van der Waals surface area contributed by atoms with Crippen molar-refractivity contribution < 1.29 is 4.79 Å². The molecule has 0 radical (unpaired) electrons. The zero-order valence-corrected chi connectivity index (χ0v) is 12.5. The Labute approximate surface area is 123 Å². The smallest absolute Gasteiger partial charge is 0.237 e. The normalized spacial score (nSPS) is 20.8. The Balaban J connectivity index is 1.73. The van der Waals surface area contributed by atoms with E-state index in [9.17, 15) is 4.79 Å². The molecule has 1 aliphatic rings. The van der Waals surface area contributed by atoms with Gasteiger partial charge in [0.25, 0.3) is 0 Å². The number of benzene rings is 1. The van der Waals surface area contributed by atoms with Crippen molar-refractivity contribution in [2.75, 3.05) is 23.8 Å². The van der Waals surface area contributed by atoms with Gasteiger partial charge in [-0.1, -0.05) is 30.3 Å². The van der Waals surface area contributed by atoms with Gasteiger partial charge < -0.3 is 11.1 Å². The van der Waals surface area contributed by atoms with Crippen LogP contribution in [-0.4, -0.2) is 41.0 Å². The first-order chi connectivity index (χ1) is 9.25. The third kappa shape index (κ3) is 5.09. The number of carbonyl (C=O) groups excluding carboxylic acids is 1. The molecule has 5 heteroatoms. The molecule has 19 heavy (non-hydrogen) atoms. The SMILES string of the molecule is N[C@@H](Cc1ccccc1)C(=O)NCC1CSCCS1. The molecule has 0 aliphatic carbocycles. The minimum atomic E-state index is -0.455. The topological polar surface area (TPSA) is 55.1 Å². The van der Waals surface area contributed by atoms with Crippen LogP contribution in [0.2, 0.25) is 0 Å². The van der Waals surface area contributed by atoms with Gasteiger partial charge in [-0.25, -0.2) is 0 Å². The molecular weight excluding hydrogens is 276 g/mol. The van der Waals surface area contributed by atoms with Gasteiger partial charge >= 0.3 is 0 Å². The van der Waals surface area contributed by atoms with Crippen molar-refractivity contribution in [1.82, 2.24) is 5.32 Å². The van der Waals surface area contributed by atoms with E-state index in [0.717, 1.165) is 17.9 Å². The summed E-state index contributed by atoms with van der Waals surface area (Å²) in [6, 6.07) is 9.45. The standard InChI is InChI=1S/C14H20N2OS2/c15-13(8-11-4-2-1-3-5-11)14(17)16-9-12-10-18-6-7-19-12/h1-5,12-13H,6-10,15H2,(H,16,17)/t12?,13-/m0/s1. The maximum atomic E-state index is 11.9. The summed E-state index contributed by atoms with van der Waals surface area (Å²) in [5.74, 6) is 3.49. The molecule has 1 unspecified atom stereocenters. The molecule has 3 N–H and O–H groups in total. The van der Waals surface area contributed by atoms with Crippen molar-refractivity contribution in [2.24, 2.45) is 5.73 Å². The second kappa shape index (κ2) is 7.82. The highest BCUT2D eigenvalue weighted by molar-refractivity contribution is 8.06. The van der Waals surface area contributed by atoms with Gasteiger partial charge in [-0.2, -0.15) is 23.5 Å². The molecule has 0 bridgehead atoms. The van der Waals surface area contributed by atoms with Crippen LogP contribution in [-0.2, 0) is 11.2 Å². The fraction of sp³-hybridized carbons (Fsp3) is 0.500. The second-order valence-electron chi connectivity index (χ2n) is 4.61. The lowest BCUT2D eigenvalue weighted by atomic mass is 10.1. The van der Waals surface area contributed by atoms with Gasteiger partial charge in [0.15, 0.2) is 0 Å². The quantitative estimate of drug-likeness (QED) is 0.865. The van der Waals surface area contributed by atoms with Crippen LogP contribution in [0, 0.1) is 0 Å². The summed E-state index contributed by atoms with van der Waals surface area (Å²) < 4.78 is 0. The van der Waals surface area contributed by atoms with E-state index in [1.165, 1.54) is 11.5 Å². The fourth-order valence-corrected chi connectivity index (χ4v) is 4.57. The summed E-state index contributed by atoms with van der Waals surface area (Å²) >= 11 is 3.91. The summed E-state index contributed by atoms with van der Waals surface area (Å²) in [4.78, 5) is 11.9. The largest absolute Gasteiger partial charge is 0.354 e. The van der Waals surface area contributed by atoms with E-state index in [1.54, 1.807) is 0 Å². The predicted molar refractivity (Wildman–Crippen MR) is 84.7 cm³/mol. The maximum Gasteiger partial charge on any atom is 0.237 e. The van der Waals surface area contributed by atoms with Gasteiger partial charge in [-0.05, 0) is 12.0 Å². The van der Waals surface area contributed by atoms with Crippen LogP contribution in [0.5, 0.6) is 0 Å². The van der Waals surface area contributed by atoms with Crippen LogP contribution in [0.3, 0.4) is 0 Å². The van der Waals surface area contributed by atoms with Crippen molar-refractivity contribution >= 4 is 29.4 Å². The molecule has 1 aromatic carbocycles. The van der Waals surface area contributed by atoms with E-state index in [2.05, 4.69) is 5.32 Å². The lowest BCUT2D eigenvalue weighted by Crippen LogP contribution is -2.44. The number of hydrogen-bond donors (Lipinski definition) is 2. The van der Waals surface area contributed by atoms with Crippen LogP contribution >= 0.6 is 23.5 Å². The molecule has 0 aromatic heterocycles. The van der Waals surface area contributed by atoms with E-state index in [-0.39, 0.29) is 5.91 Å². The third-order valence-corrected chi connectivity index (χ3v) is 5.87. The number of amides is 1. The number of nitrogens with two attached hydrogens (primary N) is 1. The lowest BCUT2D eigenvalue weighted by molar-refractivity contribution is -0.122. The first kappa shape index (κ1) is 14.8. The average Bonchev–Trinajstić information content (AvgIpc) is 2.47. The first-order valence-corrected chi connectivity index (χ1v) is 8.72. The van der Waals surface area contributed by atoms with Crippen LogP contribution < -0.4 is 11.1 Å². The molecular formula is C14H20N2OS2. The Morgan fingerprint density at radius 3 is 2.84 bits per heavy atom. The number of carbonyl (C=O) groups is 1. The summed E-state index contributed by atoms with van der Waals surface area (Å²) in [6.07, 6.45) is 0.596. The van der Waals surface area contributed by atoms with Crippen LogP contribution in [0.4, 0.5) is 0 Å². The van der Waals surface area contributed by atoms with Gasteiger partial charge in [0.2, 0.25) is 5.91 Å². The van der Waals surface area contributed by atoms with Crippen molar-refractivity contribution in [3.05, 3.63) is 35.9 Å². The molecule has 3 nitrogen and oxygen atoms in total. The molecule has 0 spiro atoms. The fourth-order valence-electron chi connectivity index (χ4n) is 1.96. The Kier molecular flexibility index (Phi) is 6.07. The highest BCUT2D eigenvalue weighted by Gasteiger charge is 2.18. The molecule has 1 aliphatic heterocycles. The zero-order chi connectivity index (χ0) is 13.5. The van der Waals surface area contributed by atoms with E-state index in [1.807, 2.05) is 53.9 Å². The number of hydrogen-bond acceptors (Lipinski definition) is 4. The van der Waals surface area contributed by atoms with Crippen LogP contribution in [0.1, 0.15) is 5.56 Å². The van der Waals surface area contributed by atoms with Gasteiger partial charge in [-0.3, -0.25) is 4.79 Å². The number of rotatable bonds is 5. The average molecular weight is 296 g/mol. The van der Waals surface area contributed by atoms with Crippen molar-refractivity contribution in [2.45, 2.75) is 17.7 Å². The van der Waals surface area contributed by atoms with Gasteiger partial charge in [0.05, 0.1) is 6.04 Å². The Bertz CT molecular complexity index is 394. The molecule has 104 valence electrons. The molecule has 1 fully saturated rings. The second-order valence-corrected chi connectivity index (χ2v) is 7.17. The van der Waals surface area contributed by atoms with E-state index >= 15 is 0 Å². The molecule has 1 saturated heterocycles. The lowest BCUT2D eigenvalue weighted by Gasteiger charge is -2.22. The van der Waals surface area contributed by atoms with Crippen molar-refractivity contribution in [3.8, 4) is 0 Å². The van der Waals surface area contributed by atoms with Gasteiger partial charge in [-0.15, -0.1) is 0 Å². The van der Waals surface area contributed by atoms with E-state index in [0.29, 0.717) is 11.7 Å². The zero-order valence-electron chi connectivity index (χ0n) is 10.9. The highest BCUT2D eigenvalue weighted by Crippen LogP contribution is 2.23. The highest BCUT2D eigenvalue weighted by atomic mass is 32.2. The van der Waals surface area contributed by atoms with Crippen LogP contribution in [0.15, 0.2) is 30.3 Å².